The third-order valence-corrected chi connectivity index (χ3v) is 8.58. The predicted molar refractivity (Wildman–Crippen MR) is 133 cm³/mol. The second-order valence-corrected chi connectivity index (χ2v) is 11.1. The Labute approximate surface area is 204 Å². The molecule has 0 aromatic heterocycles. The van der Waals surface area contributed by atoms with Crippen LogP contribution in [0.1, 0.15) is 89.7 Å². The summed E-state index contributed by atoms with van der Waals surface area (Å²) in [6.07, 6.45) is 9.48. The largest absolute Gasteiger partial charge is 0.480 e. The summed E-state index contributed by atoms with van der Waals surface area (Å²) in [4.78, 5) is 24.5. The Hall–Kier alpha value is -1.92. The molecule has 0 bridgehead atoms. The summed E-state index contributed by atoms with van der Waals surface area (Å²) < 4.78 is 0. The van der Waals surface area contributed by atoms with Gasteiger partial charge in [-0.1, -0.05) is 70.7 Å². The van der Waals surface area contributed by atoms with Crippen LogP contribution in [0.3, 0.4) is 0 Å². The predicted octanol–water partition coefficient (Wildman–Crippen LogP) is 5.33. The van der Waals surface area contributed by atoms with E-state index < -0.39 is 17.4 Å². The van der Waals surface area contributed by atoms with Gasteiger partial charge < -0.3 is 5.11 Å². The van der Waals surface area contributed by atoms with Crippen molar-refractivity contribution in [2.75, 3.05) is 0 Å². The number of rotatable bonds is 10. The highest BCUT2D eigenvalue weighted by Gasteiger charge is 2.55. The number of carboxylic acids is 1. The highest BCUT2D eigenvalue weighted by molar-refractivity contribution is 5.80. The number of amides is 1. The van der Waals surface area contributed by atoms with Crippen LogP contribution >= 0.6 is 0 Å². The minimum absolute atomic E-state index is 0.133. The van der Waals surface area contributed by atoms with Crippen LogP contribution in [-0.4, -0.2) is 27.7 Å². The third-order valence-electron chi connectivity index (χ3n) is 8.58. The van der Waals surface area contributed by atoms with Crippen molar-refractivity contribution in [1.29, 1.82) is 0 Å². The van der Waals surface area contributed by atoms with E-state index in [4.69, 9.17) is 5.21 Å². The number of hydroxylamine groups is 1. The molecule has 2 aliphatic carbocycles. The van der Waals surface area contributed by atoms with Gasteiger partial charge in [0.05, 0.1) is 0 Å². The van der Waals surface area contributed by atoms with E-state index in [1.807, 2.05) is 24.3 Å². The number of aryl methyl sites for hydroxylation is 1. The summed E-state index contributed by atoms with van der Waals surface area (Å²) in [6, 6.07) is 8.03. The smallest absolute Gasteiger partial charge is 0.324 e. The first kappa shape index (κ1) is 26.7. The third kappa shape index (κ3) is 6.19. The maximum Gasteiger partial charge on any atom is 0.324 e. The van der Waals surface area contributed by atoms with Crippen molar-refractivity contribution in [2.45, 2.75) is 97.1 Å². The highest BCUT2D eigenvalue weighted by Crippen LogP contribution is 2.49. The summed E-state index contributed by atoms with van der Waals surface area (Å²) >= 11 is 0. The molecule has 0 aliphatic heterocycles. The summed E-state index contributed by atoms with van der Waals surface area (Å²) in [6.45, 7) is 7.33. The first-order valence-corrected chi connectivity index (χ1v) is 13.3. The molecular weight excluding hydrogens is 428 g/mol. The molecule has 1 aromatic rings. The van der Waals surface area contributed by atoms with Gasteiger partial charge in [-0.2, -0.15) is 0 Å². The molecule has 0 unspecified atom stereocenters. The topological polar surface area (TPSA) is 98.7 Å². The van der Waals surface area contributed by atoms with Crippen LogP contribution < -0.4 is 10.8 Å². The lowest BCUT2D eigenvalue weighted by Crippen LogP contribution is -2.65. The van der Waals surface area contributed by atoms with Crippen LogP contribution in [0, 0.1) is 29.6 Å². The molecule has 0 heterocycles. The number of benzene rings is 1. The van der Waals surface area contributed by atoms with Crippen molar-refractivity contribution in [1.82, 2.24) is 10.8 Å². The molecule has 0 saturated heterocycles. The molecule has 4 N–H and O–H groups in total. The normalized spacial score (nSPS) is 25.6. The molecule has 0 spiro atoms. The zero-order valence-corrected chi connectivity index (χ0v) is 21.2. The van der Waals surface area contributed by atoms with Gasteiger partial charge in [-0.25, -0.2) is 5.48 Å². The number of hydrogen-bond donors (Lipinski definition) is 4. The molecule has 190 valence electrons. The van der Waals surface area contributed by atoms with E-state index in [1.54, 1.807) is 5.48 Å². The zero-order chi connectivity index (χ0) is 24.7. The Kier molecular flexibility index (Phi) is 9.55. The van der Waals surface area contributed by atoms with E-state index >= 15 is 0 Å². The number of aliphatic carboxylic acids is 1. The van der Waals surface area contributed by atoms with Crippen LogP contribution in [0.2, 0.25) is 0 Å². The average Bonchev–Trinajstić information content (AvgIpc) is 2.84. The quantitative estimate of drug-likeness (QED) is 0.273. The first-order chi connectivity index (χ1) is 16.3. The number of carbonyl (C=O) groups is 2. The lowest BCUT2D eigenvalue weighted by atomic mass is 9.57. The van der Waals surface area contributed by atoms with E-state index in [0.717, 1.165) is 49.7 Å². The Morgan fingerprint density at radius 3 is 2.26 bits per heavy atom. The van der Waals surface area contributed by atoms with Crippen LogP contribution in [0.15, 0.2) is 24.3 Å². The summed E-state index contributed by atoms with van der Waals surface area (Å²) in [5.74, 6) is 0.666. The fourth-order valence-corrected chi connectivity index (χ4v) is 6.66. The maximum atomic E-state index is 13.2. The molecular formula is C28H44N2O4. The van der Waals surface area contributed by atoms with E-state index in [0.29, 0.717) is 30.7 Å². The lowest BCUT2D eigenvalue weighted by molar-refractivity contribution is -0.156. The van der Waals surface area contributed by atoms with E-state index in [-0.39, 0.29) is 18.3 Å². The fraction of sp³-hybridized carbons (Fsp3) is 0.714. The Morgan fingerprint density at radius 2 is 1.68 bits per heavy atom. The maximum absolute atomic E-state index is 13.2. The SMILES string of the molecule is CC(C)[C@H]1CC[C@H](C)C[C@@H]1[C@](NCc1ccc(CCC(=O)NO)cc1)(C(=O)O)C1CCCCC1. The fourth-order valence-electron chi connectivity index (χ4n) is 6.66. The van der Waals surface area contributed by atoms with Crippen LogP contribution in [0.5, 0.6) is 0 Å². The molecule has 2 fully saturated rings. The zero-order valence-electron chi connectivity index (χ0n) is 21.2. The van der Waals surface area contributed by atoms with Gasteiger partial charge in [0, 0.05) is 13.0 Å². The molecule has 6 heteroatoms. The molecule has 2 aliphatic rings. The summed E-state index contributed by atoms with van der Waals surface area (Å²) in [5.41, 5.74) is 2.84. The lowest BCUT2D eigenvalue weighted by Gasteiger charge is -2.51. The molecule has 4 atom stereocenters. The molecule has 6 nitrogen and oxygen atoms in total. The van der Waals surface area contributed by atoms with E-state index in [9.17, 15) is 14.7 Å². The van der Waals surface area contributed by atoms with E-state index in [1.165, 1.54) is 12.8 Å². The van der Waals surface area contributed by atoms with Gasteiger partial charge in [-0.3, -0.25) is 20.1 Å². The van der Waals surface area contributed by atoms with Gasteiger partial charge in [0.1, 0.15) is 5.54 Å². The molecule has 3 rings (SSSR count). The molecule has 2 saturated carbocycles. The average molecular weight is 473 g/mol. The van der Waals surface area contributed by atoms with Crippen molar-refractivity contribution >= 4 is 11.9 Å². The van der Waals surface area contributed by atoms with Crippen molar-refractivity contribution < 1.29 is 19.9 Å². The standard InChI is InChI=1S/C28H44N2O4/c1-19(2)24-15-9-20(3)17-25(24)28(27(32)33,23-7-5-4-6-8-23)29-18-22-12-10-21(11-13-22)14-16-26(31)30-34/h10-13,19-20,23-25,29,34H,4-9,14-18H2,1-3H3,(H,30,31)(H,32,33)/t20-,24+,25-,28-/m0/s1. The van der Waals surface area contributed by atoms with Gasteiger partial charge in [0.25, 0.3) is 0 Å². The summed E-state index contributed by atoms with van der Waals surface area (Å²) in [7, 11) is 0. The number of carboxylic acid groups (broad SMARTS) is 1. The van der Waals surface area contributed by atoms with Gasteiger partial charge in [0.2, 0.25) is 5.91 Å². The number of carbonyl (C=O) groups excluding carboxylic acids is 1. The van der Waals surface area contributed by atoms with Gasteiger partial charge in [-0.15, -0.1) is 0 Å². The van der Waals surface area contributed by atoms with Gasteiger partial charge >= 0.3 is 5.97 Å². The molecule has 34 heavy (non-hydrogen) atoms. The molecule has 1 aromatic carbocycles. The van der Waals surface area contributed by atoms with Crippen LogP contribution in [0.4, 0.5) is 0 Å². The van der Waals surface area contributed by atoms with Gasteiger partial charge in [0.15, 0.2) is 0 Å². The van der Waals surface area contributed by atoms with Crippen LogP contribution in [0.25, 0.3) is 0 Å². The summed E-state index contributed by atoms with van der Waals surface area (Å²) in [5, 5.41) is 23.2. The van der Waals surface area contributed by atoms with Crippen molar-refractivity contribution in [3.63, 3.8) is 0 Å². The van der Waals surface area contributed by atoms with Crippen molar-refractivity contribution in [3.8, 4) is 0 Å². The van der Waals surface area contributed by atoms with Crippen molar-refractivity contribution in [2.24, 2.45) is 29.6 Å². The Bertz CT molecular complexity index is 803. The second-order valence-electron chi connectivity index (χ2n) is 11.1. The van der Waals surface area contributed by atoms with Crippen LogP contribution in [-0.2, 0) is 22.6 Å². The Morgan fingerprint density at radius 1 is 1.03 bits per heavy atom. The highest BCUT2D eigenvalue weighted by atomic mass is 16.5. The number of hydrogen-bond acceptors (Lipinski definition) is 4. The number of nitrogens with one attached hydrogen (secondary N) is 2. The van der Waals surface area contributed by atoms with Crippen molar-refractivity contribution in [3.05, 3.63) is 35.4 Å². The molecule has 0 radical (unpaired) electrons. The Balaban J connectivity index is 1.85. The monoisotopic (exact) mass is 472 g/mol. The minimum Gasteiger partial charge on any atom is -0.480 e. The van der Waals surface area contributed by atoms with E-state index in [2.05, 4.69) is 26.1 Å². The second kappa shape index (κ2) is 12.2. The minimum atomic E-state index is -0.901. The molecule has 1 amide bonds. The first-order valence-electron chi connectivity index (χ1n) is 13.3. The van der Waals surface area contributed by atoms with Gasteiger partial charge in [-0.05, 0) is 72.8 Å².